The van der Waals surface area contributed by atoms with Crippen LogP contribution >= 0.6 is 11.6 Å². The van der Waals surface area contributed by atoms with Crippen molar-refractivity contribution in [1.82, 2.24) is 5.32 Å². The van der Waals surface area contributed by atoms with Crippen LogP contribution in [0.3, 0.4) is 0 Å². The lowest BCUT2D eigenvalue weighted by atomic mass is 9.90. The Morgan fingerprint density at radius 3 is 2.73 bits per heavy atom. The van der Waals surface area contributed by atoms with Gasteiger partial charge >= 0.3 is 0 Å². The van der Waals surface area contributed by atoms with Crippen molar-refractivity contribution in [2.24, 2.45) is 5.16 Å². The maximum absolute atomic E-state index is 5.74. The molecule has 0 radical (unpaired) electrons. The number of piperidine rings is 1. The summed E-state index contributed by atoms with van der Waals surface area (Å²) in [5.74, 6) is 0. The van der Waals surface area contributed by atoms with Crippen molar-refractivity contribution in [2.45, 2.75) is 24.9 Å². The van der Waals surface area contributed by atoms with E-state index in [2.05, 4.69) is 10.5 Å². The molecular weight excluding hydrogens is 164 g/mol. The standard InChI is InChI=1S/C7H11ClN2O/c8-6-5-7(11-10-6)1-3-9-4-2-7/h9H,1-5H2. The van der Waals surface area contributed by atoms with Gasteiger partial charge in [0, 0.05) is 19.3 Å². The van der Waals surface area contributed by atoms with Crippen LogP contribution in [0, 0.1) is 0 Å². The van der Waals surface area contributed by atoms with E-state index in [1.54, 1.807) is 0 Å². The Bertz CT molecular complexity index is 187. The summed E-state index contributed by atoms with van der Waals surface area (Å²) in [7, 11) is 0. The molecule has 1 N–H and O–H groups in total. The summed E-state index contributed by atoms with van der Waals surface area (Å²) in [6.45, 7) is 2.03. The van der Waals surface area contributed by atoms with Crippen LogP contribution in [0.4, 0.5) is 0 Å². The molecular formula is C7H11ClN2O. The molecule has 0 amide bonds. The van der Waals surface area contributed by atoms with Gasteiger partial charge in [0.2, 0.25) is 0 Å². The molecule has 0 aromatic carbocycles. The second-order valence-corrected chi connectivity index (χ2v) is 3.60. The molecule has 62 valence electrons. The second-order valence-electron chi connectivity index (χ2n) is 3.17. The first-order valence-electron chi connectivity index (χ1n) is 3.92. The first kappa shape index (κ1) is 7.37. The minimum absolute atomic E-state index is 0.0532. The molecule has 4 heteroatoms. The molecule has 0 aromatic heterocycles. The third kappa shape index (κ3) is 1.35. The zero-order valence-corrected chi connectivity index (χ0v) is 7.02. The lowest BCUT2D eigenvalue weighted by Crippen LogP contribution is -2.41. The quantitative estimate of drug-likeness (QED) is 0.597. The largest absolute Gasteiger partial charge is 0.388 e. The van der Waals surface area contributed by atoms with Crippen LogP contribution in [0.2, 0.25) is 0 Å². The Balaban J connectivity index is 2.01. The summed E-state index contributed by atoms with van der Waals surface area (Å²) in [6, 6.07) is 0. The molecule has 1 fully saturated rings. The van der Waals surface area contributed by atoms with Crippen molar-refractivity contribution < 1.29 is 4.84 Å². The van der Waals surface area contributed by atoms with E-state index >= 15 is 0 Å². The summed E-state index contributed by atoms with van der Waals surface area (Å²) in [5, 5.41) is 7.66. The Hall–Kier alpha value is -0.280. The van der Waals surface area contributed by atoms with Gasteiger partial charge < -0.3 is 10.2 Å². The fourth-order valence-corrected chi connectivity index (χ4v) is 1.91. The predicted molar refractivity (Wildman–Crippen MR) is 43.8 cm³/mol. The van der Waals surface area contributed by atoms with Gasteiger partial charge in [0.25, 0.3) is 0 Å². The molecule has 2 heterocycles. The molecule has 2 aliphatic heterocycles. The van der Waals surface area contributed by atoms with Crippen LogP contribution < -0.4 is 5.32 Å². The number of oxime groups is 1. The van der Waals surface area contributed by atoms with Gasteiger partial charge in [0.15, 0.2) is 0 Å². The van der Waals surface area contributed by atoms with E-state index in [4.69, 9.17) is 16.4 Å². The lowest BCUT2D eigenvalue weighted by Gasteiger charge is -2.30. The van der Waals surface area contributed by atoms with Crippen molar-refractivity contribution in [1.29, 1.82) is 0 Å². The highest BCUT2D eigenvalue weighted by molar-refractivity contribution is 6.65. The number of nitrogens with one attached hydrogen (secondary N) is 1. The summed E-state index contributed by atoms with van der Waals surface area (Å²) >= 11 is 5.74. The first-order chi connectivity index (χ1) is 5.31. The van der Waals surface area contributed by atoms with Gasteiger partial charge in [-0.05, 0) is 13.1 Å². The van der Waals surface area contributed by atoms with Gasteiger partial charge in [0.1, 0.15) is 10.8 Å². The Morgan fingerprint density at radius 1 is 1.45 bits per heavy atom. The minimum atomic E-state index is -0.0532. The lowest BCUT2D eigenvalue weighted by molar-refractivity contribution is -0.0400. The highest BCUT2D eigenvalue weighted by atomic mass is 35.5. The minimum Gasteiger partial charge on any atom is -0.388 e. The third-order valence-electron chi connectivity index (χ3n) is 2.32. The third-order valence-corrected chi connectivity index (χ3v) is 2.52. The molecule has 2 aliphatic rings. The average molecular weight is 175 g/mol. The van der Waals surface area contributed by atoms with Gasteiger partial charge in [-0.2, -0.15) is 0 Å². The van der Waals surface area contributed by atoms with Crippen LogP contribution in [0.1, 0.15) is 19.3 Å². The fraction of sp³-hybridized carbons (Fsp3) is 0.857. The van der Waals surface area contributed by atoms with Crippen molar-refractivity contribution in [3.63, 3.8) is 0 Å². The van der Waals surface area contributed by atoms with Crippen molar-refractivity contribution >= 4 is 16.8 Å². The highest BCUT2D eigenvalue weighted by Gasteiger charge is 2.39. The molecule has 0 unspecified atom stereocenters. The Labute approximate surface area is 70.7 Å². The van der Waals surface area contributed by atoms with E-state index in [1.165, 1.54) is 0 Å². The fourth-order valence-electron chi connectivity index (χ4n) is 1.63. The molecule has 0 aromatic rings. The molecule has 2 rings (SSSR count). The molecule has 0 aliphatic carbocycles. The molecule has 0 saturated carbocycles. The Morgan fingerprint density at radius 2 is 2.18 bits per heavy atom. The van der Waals surface area contributed by atoms with Gasteiger partial charge in [0.05, 0.1) is 0 Å². The molecule has 1 saturated heterocycles. The van der Waals surface area contributed by atoms with Crippen molar-refractivity contribution in [3.8, 4) is 0 Å². The van der Waals surface area contributed by atoms with Gasteiger partial charge in [-0.3, -0.25) is 0 Å². The average Bonchev–Trinajstić information content (AvgIpc) is 2.34. The predicted octanol–water partition coefficient (Wildman–Crippen LogP) is 1.08. The molecule has 3 nitrogen and oxygen atoms in total. The summed E-state index contributed by atoms with van der Waals surface area (Å²) in [4.78, 5) is 5.31. The zero-order valence-electron chi connectivity index (χ0n) is 6.27. The van der Waals surface area contributed by atoms with E-state index in [1.807, 2.05) is 0 Å². The number of hydrogen-bond donors (Lipinski definition) is 1. The Kier molecular flexibility index (Phi) is 1.77. The zero-order chi connectivity index (χ0) is 7.73. The summed E-state index contributed by atoms with van der Waals surface area (Å²) in [5.41, 5.74) is -0.0532. The normalized spacial score (nSPS) is 28.3. The van der Waals surface area contributed by atoms with E-state index in [-0.39, 0.29) is 5.60 Å². The van der Waals surface area contributed by atoms with Gasteiger partial charge in [-0.25, -0.2) is 0 Å². The van der Waals surface area contributed by atoms with Crippen LogP contribution in [-0.2, 0) is 4.84 Å². The monoisotopic (exact) mass is 174 g/mol. The smallest absolute Gasteiger partial charge is 0.149 e. The van der Waals surface area contributed by atoms with Crippen LogP contribution in [0.15, 0.2) is 5.16 Å². The van der Waals surface area contributed by atoms with Gasteiger partial charge in [-0.15, -0.1) is 0 Å². The second kappa shape index (κ2) is 2.64. The van der Waals surface area contributed by atoms with Crippen LogP contribution in [0.25, 0.3) is 0 Å². The topological polar surface area (TPSA) is 33.6 Å². The molecule has 1 spiro atoms. The highest BCUT2D eigenvalue weighted by Crippen LogP contribution is 2.33. The van der Waals surface area contributed by atoms with Crippen molar-refractivity contribution in [3.05, 3.63) is 0 Å². The number of rotatable bonds is 0. The molecule has 0 atom stereocenters. The maximum atomic E-state index is 5.74. The van der Waals surface area contributed by atoms with E-state index in [0.717, 1.165) is 32.4 Å². The van der Waals surface area contributed by atoms with E-state index in [0.29, 0.717) is 5.17 Å². The van der Waals surface area contributed by atoms with Gasteiger partial charge in [-0.1, -0.05) is 16.8 Å². The number of hydrogen-bond acceptors (Lipinski definition) is 3. The molecule has 0 bridgehead atoms. The van der Waals surface area contributed by atoms with E-state index < -0.39 is 0 Å². The summed E-state index contributed by atoms with van der Waals surface area (Å²) in [6.07, 6.45) is 2.84. The summed E-state index contributed by atoms with van der Waals surface area (Å²) < 4.78 is 0. The van der Waals surface area contributed by atoms with Crippen molar-refractivity contribution in [2.75, 3.05) is 13.1 Å². The maximum Gasteiger partial charge on any atom is 0.149 e. The van der Waals surface area contributed by atoms with Crippen LogP contribution in [-0.4, -0.2) is 23.9 Å². The number of halogens is 1. The molecule has 11 heavy (non-hydrogen) atoms. The van der Waals surface area contributed by atoms with Crippen LogP contribution in [0.5, 0.6) is 0 Å². The van der Waals surface area contributed by atoms with E-state index in [9.17, 15) is 0 Å². The first-order valence-corrected chi connectivity index (χ1v) is 4.30. The SMILES string of the molecule is ClC1=NOC2(CCNCC2)C1. The number of nitrogens with zero attached hydrogens (tertiary/aromatic N) is 1.